The summed E-state index contributed by atoms with van der Waals surface area (Å²) in [6.07, 6.45) is -0.257. The molecule has 7 heteroatoms. The molecular weight excluding hydrogens is 404 g/mol. The summed E-state index contributed by atoms with van der Waals surface area (Å²) >= 11 is 0. The molecule has 32 heavy (non-hydrogen) atoms. The third-order valence-electron chi connectivity index (χ3n) is 5.68. The number of aromatic nitrogens is 2. The van der Waals surface area contributed by atoms with E-state index in [1.165, 1.54) is 0 Å². The first kappa shape index (κ1) is 21.9. The average Bonchev–Trinajstić information content (AvgIpc) is 2.76. The number of anilines is 1. The van der Waals surface area contributed by atoms with Crippen molar-refractivity contribution in [2.24, 2.45) is 5.92 Å². The summed E-state index contributed by atoms with van der Waals surface area (Å²) in [5.74, 6) is 1.81. The summed E-state index contributed by atoms with van der Waals surface area (Å²) in [6, 6.07) is 11.6. The second-order valence-corrected chi connectivity index (χ2v) is 8.81. The number of carbonyl (C=O) groups excluding carboxylic acids is 1. The van der Waals surface area contributed by atoms with E-state index in [9.17, 15) is 9.90 Å². The zero-order valence-electron chi connectivity index (χ0n) is 19.1. The number of hydrogen-bond donors (Lipinski definition) is 1. The normalized spacial score (nSPS) is 14.3. The molecule has 0 atom stereocenters. The number of aryl methyl sites for hydroxylation is 2. The molecule has 0 bridgehead atoms. The van der Waals surface area contributed by atoms with E-state index in [2.05, 4.69) is 11.0 Å². The second-order valence-electron chi connectivity index (χ2n) is 8.81. The Bertz CT molecular complexity index is 1120. The zero-order chi connectivity index (χ0) is 22.8. The first-order chi connectivity index (χ1) is 15.3. The molecule has 168 valence electrons. The van der Waals surface area contributed by atoms with Crippen LogP contribution in [0.1, 0.15) is 25.0 Å². The van der Waals surface area contributed by atoms with Crippen LogP contribution in [0.15, 0.2) is 36.4 Å². The van der Waals surface area contributed by atoms with Gasteiger partial charge in [0, 0.05) is 31.6 Å². The maximum absolute atomic E-state index is 12.3. The molecule has 2 aromatic carbocycles. The monoisotopic (exact) mass is 434 g/mol. The lowest BCUT2D eigenvalue weighted by Gasteiger charge is -2.35. The standard InChI is InChI=1S/C25H30N4O3/c1-16(2)15-32-25(31)29-12-10-28(11-13-29)24-19-9-8-17(3)14-20(19)26-23(27-24)22-18(4)6-5-7-21(22)30/h5-9,14,16,30H,10-13,15H2,1-4H3. The summed E-state index contributed by atoms with van der Waals surface area (Å²) in [5, 5.41) is 11.5. The Morgan fingerprint density at radius 3 is 2.53 bits per heavy atom. The number of hydrogen-bond acceptors (Lipinski definition) is 6. The summed E-state index contributed by atoms with van der Waals surface area (Å²) in [4.78, 5) is 26.0. The molecule has 1 amide bonds. The number of piperazine rings is 1. The smallest absolute Gasteiger partial charge is 0.409 e. The van der Waals surface area contributed by atoms with E-state index in [0.29, 0.717) is 50.1 Å². The van der Waals surface area contributed by atoms with Gasteiger partial charge < -0.3 is 19.6 Å². The van der Waals surface area contributed by atoms with E-state index in [1.54, 1.807) is 11.0 Å². The third-order valence-corrected chi connectivity index (χ3v) is 5.68. The number of amides is 1. The van der Waals surface area contributed by atoms with E-state index in [0.717, 1.165) is 27.8 Å². The van der Waals surface area contributed by atoms with Gasteiger partial charge in [0.05, 0.1) is 17.7 Å². The van der Waals surface area contributed by atoms with Crippen LogP contribution in [0.5, 0.6) is 5.75 Å². The van der Waals surface area contributed by atoms with Gasteiger partial charge in [0.1, 0.15) is 11.6 Å². The molecule has 4 rings (SSSR count). The average molecular weight is 435 g/mol. The van der Waals surface area contributed by atoms with Crippen LogP contribution < -0.4 is 4.90 Å². The summed E-state index contributed by atoms with van der Waals surface area (Å²) < 4.78 is 5.39. The van der Waals surface area contributed by atoms with Gasteiger partial charge in [0.2, 0.25) is 0 Å². The van der Waals surface area contributed by atoms with Gasteiger partial charge in [-0.1, -0.05) is 32.0 Å². The number of nitrogens with zero attached hydrogens (tertiary/aromatic N) is 4. The number of aromatic hydroxyl groups is 1. The van der Waals surface area contributed by atoms with Gasteiger partial charge in [-0.3, -0.25) is 0 Å². The van der Waals surface area contributed by atoms with Crippen LogP contribution in [0.25, 0.3) is 22.3 Å². The largest absolute Gasteiger partial charge is 0.507 e. The number of phenols is 1. The lowest BCUT2D eigenvalue weighted by Crippen LogP contribution is -2.49. The van der Waals surface area contributed by atoms with Crippen LogP contribution >= 0.6 is 0 Å². The quantitative estimate of drug-likeness (QED) is 0.650. The molecule has 3 aromatic rings. The van der Waals surface area contributed by atoms with Gasteiger partial charge >= 0.3 is 6.09 Å². The fourth-order valence-electron chi connectivity index (χ4n) is 3.95. The molecular formula is C25H30N4O3. The predicted molar refractivity (Wildman–Crippen MR) is 126 cm³/mol. The van der Waals surface area contributed by atoms with E-state index in [1.807, 2.05) is 52.0 Å². The fraction of sp³-hybridized carbons (Fsp3) is 0.400. The SMILES string of the molecule is Cc1ccc2c(N3CCN(C(=O)OCC(C)C)CC3)nc(-c3c(C)cccc3O)nc2c1. The molecule has 7 nitrogen and oxygen atoms in total. The molecule has 1 aliphatic rings. The van der Waals surface area contributed by atoms with Gasteiger partial charge in [-0.25, -0.2) is 14.8 Å². The maximum atomic E-state index is 12.3. The molecule has 0 saturated carbocycles. The lowest BCUT2D eigenvalue weighted by atomic mass is 10.1. The number of ether oxygens (including phenoxy) is 1. The predicted octanol–water partition coefficient (Wildman–Crippen LogP) is 4.53. The Labute approximate surface area is 188 Å². The van der Waals surface area contributed by atoms with Crippen molar-refractivity contribution in [2.75, 3.05) is 37.7 Å². The Hall–Kier alpha value is -3.35. The Morgan fingerprint density at radius 1 is 1.09 bits per heavy atom. The Kier molecular flexibility index (Phi) is 6.17. The highest BCUT2D eigenvalue weighted by atomic mass is 16.6. The van der Waals surface area contributed by atoms with Gasteiger partial charge in [-0.15, -0.1) is 0 Å². The van der Waals surface area contributed by atoms with Crippen molar-refractivity contribution in [3.05, 3.63) is 47.5 Å². The van der Waals surface area contributed by atoms with Gasteiger partial charge in [0.25, 0.3) is 0 Å². The lowest BCUT2D eigenvalue weighted by molar-refractivity contribution is 0.0901. The van der Waals surface area contributed by atoms with Crippen molar-refractivity contribution in [2.45, 2.75) is 27.7 Å². The molecule has 1 aromatic heterocycles. The van der Waals surface area contributed by atoms with Crippen molar-refractivity contribution in [3.8, 4) is 17.1 Å². The summed E-state index contributed by atoms with van der Waals surface area (Å²) in [6.45, 7) is 10.9. The molecule has 2 heterocycles. The highest BCUT2D eigenvalue weighted by Crippen LogP contribution is 2.34. The molecule has 0 aliphatic carbocycles. The minimum atomic E-state index is -0.257. The van der Waals surface area contributed by atoms with Crippen molar-refractivity contribution in [1.29, 1.82) is 0 Å². The highest BCUT2D eigenvalue weighted by molar-refractivity contribution is 5.92. The summed E-state index contributed by atoms with van der Waals surface area (Å²) in [7, 11) is 0. The molecule has 0 unspecified atom stereocenters. The highest BCUT2D eigenvalue weighted by Gasteiger charge is 2.25. The first-order valence-electron chi connectivity index (χ1n) is 11.1. The van der Waals surface area contributed by atoms with Crippen LogP contribution in [0, 0.1) is 19.8 Å². The minimum Gasteiger partial charge on any atom is -0.507 e. The molecule has 0 spiro atoms. The van der Waals surface area contributed by atoms with Crippen LogP contribution in [0.4, 0.5) is 10.6 Å². The Balaban J connectivity index is 1.66. The number of phenolic OH excluding ortho intramolecular Hbond substituents is 1. The number of fused-ring (bicyclic) bond motifs is 1. The van der Waals surface area contributed by atoms with Crippen molar-refractivity contribution in [1.82, 2.24) is 14.9 Å². The molecule has 1 aliphatic heterocycles. The van der Waals surface area contributed by atoms with Crippen LogP contribution in [0.3, 0.4) is 0 Å². The van der Waals surface area contributed by atoms with Gasteiger partial charge in [-0.05, 0) is 49.1 Å². The van der Waals surface area contributed by atoms with Crippen molar-refractivity contribution < 1.29 is 14.6 Å². The van der Waals surface area contributed by atoms with Gasteiger partial charge in [-0.2, -0.15) is 0 Å². The van der Waals surface area contributed by atoms with Gasteiger partial charge in [0.15, 0.2) is 5.82 Å². The van der Waals surface area contributed by atoms with E-state index in [-0.39, 0.29) is 11.8 Å². The van der Waals surface area contributed by atoms with Crippen molar-refractivity contribution in [3.63, 3.8) is 0 Å². The van der Waals surface area contributed by atoms with E-state index >= 15 is 0 Å². The third kappa shape index (κ3) is 4.47. The number of rotatable bonds is 4. The summed E-state index contributed by atoms with van der Waals surface area (Å²) in [5.41, 5.74) is 3.51. The van der Waals surface area contributed by atoms with Crippen LogP contribution in [0.2, 0.25) is 0 Å². The zero-order valence-corrected chi connectivity index (χ0v) is 19.1. The molecule has 1 N–H and O–H groups in total. The molecule has 1 fully saturated rings. The maximum Gasteiger partial charge on any atom is 0.409 e. The van der Waals surface area contributed by atoms with Crippen LogP contribution in [-0.2, 0) is 4.74 Å². The molecule has 0 radical (unpaired) electrons. The second kappa shape index (κ2) is 9.02. The number of carbonyl (C=O) groups is 1. The van der Waals surface area contributed by atoms with E-state index < -0.39 is 0 Å². The Morgan fingerprint density at radius 2 is 1.84 bits per heavy atom. The van der Waals surface area contributed by atoms with Crippen LogP contribution in [-0.4, -0.2) is 58.9 Å². The topological polar surface area (TPSA) is 78.8 Å². The molecule has 1 saturated heterocycles. The van der Waals surface area contributed by atoms with Crippen molar-refractivity contribution >= 4 is 22.8 Å². The minimum absolute atomic E-state index is 0.167. The first-order valence-corrected chi connectivity index (χ1v) is 11.1. The van der Waals surface area contributed by atoms with E-state index in [4.69, 9.17) is 14.7 Å². The number of benzene rings is 2. The fourth-order valence-corrected chi connectivity index (χ4v) is 3.95.